The van der Waals surface area contributed by atoms with Gasteiger partial charge in [-0.05, 0) is 26.2 Å². The average Bonchev–Trinajstić information content (AvgIpc) is 2.08. The molecule has 1 rings (SSSR count). The fourth-order valence-corrected chi connectivity index (χ4v) is 1.99. The van der Waals surface area contributed by atoms with Crippen LogP contribution in [0.15, 0.2) is 0 Å². The van der Waals surface area contributed by atoms with Gasteiger partial charge in [0.25, 0.3) is 0 Å². The Hall–Kier alpha value is -0.610. The Labute approximate surface area is 85.6 Å². The van der Waals surface area contributed by atoms with Crippen molar-refractivity contribution in [3.63, 3.8) is 0 Å². The molecule has 0 spiro atoms. The second-order valence-corrected chi connectivity index (χ2v) is 4.41. The molecule has 1 saturated heterocycles. The maximum atomic E-state index is 9.77. The van der Waals surface area contributed by atoms with E-state index in [0.29, 0.717) is 0 Å². The van der Waals surface area contributed by atoms with Crippen molar-refractivity contribution in [3.05, 3.63) is 0 Å². The van der Waals surface area contributed by atoms with Crippen LogP contribution >= 0.6 is 0 Å². The Bertz CT molecular complexity index is 205. The molecule has 1 heterocycles. The zero-order chi connectivity index (χ0) is 10.8. The fraction of sp³-hybridized carbons (Fsp3) is 0.900. The number of aliphatic hydroxyl groups is 1. The molecule has 0 aromatic rings. The Balaban J connectivity index is 2.51. The highest BCUT2D eigenvalue weighted by atomic mass is 16.3. The summed E-state index contributed by atoms with van der Waals surface area (Å²) in [5.74, 6) is 0.244. The molecule has 82 valence electrons. The van der Waals surface area contributed by atoms with Crippen LogP contribution in [0.4, 0.5) is 0 Å². The van der Waals surface area contributed by atoms with Crippen LogP contribution < -0.4 is 5.73 Å². The highest BCUT2D eigenvalue weighted by molar-refractivity contribution is 5.82. The van der Waals surface area contributed by atoms with Crippen molar-refractivity contribution in [2.24, 2.45) is 5.73 Å². The van der Waals surface area contributed by atoms with E-state index < -0.39 is 5.60 Å². The molecule has 0 aromatic heterocycles. The van der Waals surface area contributed by atoms with E-state index in [4.69, 9.17) is 11.1 Å². The third-order valence-electron chi connectivity index (χ3n) is 3.06. The van der Waals surface area contributed by atoms with Crippen molar-refractivity contribution in [1.29, 1.82) is 5.41 Å². The van der Waals surface area contributed by atoms with Crippen LogP contribution in [0.1, 0.15) is 33.1 Å². The van der Waals surface area contributed by atoms with E-state index in [1.165, 1.54) is 0 Å². The van der Waals surface area contributed by atoms with Gasteiger partial charge in [-0.3, -0.25) is 10.3 Å². The molecule has 1 atom stereocenters. The molecule has 1 fully saturated rings. The van der Waals surface area contributed by atoms with Crippen LogP contribution in [0.2, 0.25) is 0 Å². The summed E-state index contributed by atoms with van der Waals surface area (Å²) in [6, 6.07) is 0.0612. The first-order valence-corrected chi connectivity index (χ1v) is 5.26. The van der Waals surface area contributed by atoms with Crippen molar-refractivity contribution in [2.45, 2.75) is 44.8 Å². The summed E-state index contributed by atoms with van der Waals surface area (Å²) in [6.07, 6.45) is 2.42. The van der Waals surface area contributed by atoms with Crippen LogP contribution in [0, 0.1) is 5.41 Å². The van der Waals surface area contributed by atoms with E-state index in [0.717, 1.165) is 32.4 Å². The van der Waals surface area contributed by atoms with Crippen LogP contribution in [-0.2, 0) is 0 Å². The molecule has 1 aliphatic heterocycles. The second kappa shape index (κ2) is 4.28. The minimum absolute atomic E-state index is 0.0612. The lowest BCUT2D eigenvalue weighted by molar-refractivity contribution is -0.0103. The summed E-state index contributed by atoms with van der Waals surface area (Å²) in [7, 11) is 0. The minimum atomic E-state index is -0.522. The van der Waals surface area contributed by atoms with Crippen LogP contribution in [0.5, 0.6) is 0 Å². The van der Waals surface area contributed by atoms with Gasteiger partial charge in [-0.15, -0.1) is 0 Å². The summed E-state index contributed by atoms with van der Waals surface area (Å²) in [6.45, 7) is 5.59. The van der Waals surface area contributed by atoms with Crippen molar-refractivity contribution in [2.75, 3.05) is 13.1 Å². The summed E-state index contributed by atoms with van der Waals surface area (Å²) < 4.78 is 0. The molecule has 0 amide bonds. The normalized spacial score (nSPS) is 24.5. The molecule has 4 N–H and O–H groups in total. The molecule has 0 aliphatic carbocycles. The lowest BCUT2D eigenvalue weighted by Crippen LogP contribution is -2.51. The number of nitrogens with two attached hydrogens (primary N) is 1. The van der Waals surface area contributed by atoms with Crippen molar-refractivity contribution in [1.82, 2.24) is 4.90 Å². The topological polar surface area (TPSA) is 73.3 Å². The number of piperidine rings is 1. The Kier molecular flexibility index (Phi) is 3.50. The van der Waals surface area contributed by atoms with Crippen LogP contribution in [0.25, 0.3) is 0 Å². The number of hydrogen-bond acceptors (Lipinski definition) is 3. The number of nitrogens with zero attached hydrogens (tertiary/aromatic N) is 1. The van der Waals surface area contributed by atoms with Gasteiger partial charge in [-0.2, -0.15) is 0 Å². The van der Waals surface area contributed by atoms with Crippen LogP contribution in [0.3, 0.4) is 0 Å². The zero-order valence-electron chi connectivity index (χ0n) is 9.08. The predicted octanol–water partition coefficient (Wildman–Crippen LogP) is 0.548. The monoisotopic (exact) mass is 199 g/mol. The van der Waals surface area contributed by atoms with Crippen molar-refractivity contribution >= 4 is 5.84 Å². The van der Waals surface area contributed by atoms with Crippen molar-refractivity contribution < 1.29 is 5.11 Å². The molecule has 1 aliphatic rings. The number of likely N-dealkylation sites (tertiary alicyclic amines) is 1. The van der Waals surface area contributed by atoms with Gasteiger partial charge in [0.1, 0.15) is 5.84 Å². The largest absolute Gasteiger partial charge is 0.390 e. The minimum Gasteiger partial charge on any atom is -0.390 e. The molecular formula is C10H21N3O. The van der Waals surface area contributed by atoms with Gasteiger partial charge in [0.2, 0.25) is 0 Å². The quantitative estimate of drug-likeness (QED) is 0.459. The van der Waals surface area contributed by atoms with Gasteiger partial charge in [-0.1, -0.05) is 6.92 Å². The van der Waals surface area contributed by atoms with E-state index in [2.05, 4.69) is 4.90 Å². The van der Waals surface area contributed by atoms with Gasteiger partial charge in [-0.25, -0.2) is 0 Å². The van der Waals surface area contributed by atoms with Crippen molar-refractivity contribution in [3.8, 4) is 0 Å². The Morgan fingerprint density at radius 3 is 2.43 bits per heavy atom. The lowest BCUT2D eigenvalue weighted by atomic mass is 9.92. The number of hydrogen-bond donors (Lipinski definition) is 3. The molecule has 1 unspecified atom stereocenters. The number of nitrogens with one attached hydrogen (secondary N) is 1. The predicted molar refractivity (Wildman–Crippen MR) is 57.4 cm³/mol. The summed E-state index contributed by atoms with van der Waals surface area (Å²) in [5.41, 5.74) is 5.00. The maximum absolute atomic E-state index is 9.77. The van der Waals surface area contributed by atoms with Gasteiger partial charge in [0, 0.05) is 13.1 Å². The smallest absolute Gasteiger partial charge is 0.108 e. The fourth-order valence-electron chi connectivity index (χ4n) is 1.99. The maximum Gasteiger partial charge on any atom is 0.108 e. The lowest BCUT2D eigenvalue weighted by Gasteiger charge is -2.39. The van der Waals surface area contributed by atoms with Gasteiger partial charge in [0.05, 0.1) is 11.6 Å². The number of rotatable bonds is 3. The molecule has 0 aromatic carbocycles. The molecule has 4 heteroatoms. The standard InChI is InChI=1S/C10H21N3O/c1-3-8(9(11)12)13-6-4-10(2,14)5-7-13/h8,14H,3-7H2,1-2H3,(H3,11,12). The van der Waals surface area contributed by atoms with E-state index in [1.54, 1.807) is 0 Å². The summed E-state index contributed by atoms with van der Waals surface area (Å²) >= 11 is 0. The third kappa shape index (κ3) is 2.69. The molecule has 0 radical (unpaired) electrons. The Morgan fingerprint density at radius 2 is 2.07 bits per heavy atom. The van der Waals surface area contributed by atoms with Crippen LogP contribution in [-0.4, -0.2) is 40.6 Å². The first kappa shape index (κ1) is 11.5. The first-order chi connectivity index (χ1) is 6.46. The highest BCUT2D eigenvalue weighted by Crippen LogP contribution is 2.23. The van der Waals surface area contributed by atoms with Gasteiger partial charge < -0.3 is 10.8 Å². The zero-order valence-corrected chi connectivity index (χ0v) is 9.08. The average molecular weight is 199 g/mol. The Morgan fingerprint density at radius 1 is 1.57 bits per heavy atom. The summed E-state index contributed by atoms with van der Waals surface area (Å²) in [4.78, 5) is 2.19. The SMILES string of the molecule is CCC(C(=N)N)N1CCC(C)(O)CC1. The molecule has 4 nitrogen and oxygen atoms in total. The van der Waals surface area contributed by atoms with E-state index >= 15 is 0 Å². The highest BCUT2D eigenvalue weighted by Gasteiger charge is 2.30. The van der Waals surface area contributed by atoms with E-state index in [1.807, 2.05) is 13.8 Å². The van der Waals surface area contributed by atoms with Gasteiger partial charge >= 0.3 is 0 Å². The summed E-state index contributed by atoms with van der Waals surface area (Å²) in [5, 5.41) is 17.2. The third-order valence-corrected chi connectivity index (χ3v) is 3.06. The molecule has 0 bridgehead atoms. The number of amidine groups is 1. The first-order valence-electron chi connectivity index (χ1n) is 5.26. The second-order valence-electron chi connectivity index (χ2n) is 4.41. The van der Waals surface area contributed by atoms with Gasteiger partial charge in [0.15, 0.2) is 0 Å². The molecule has 0 saturated carbocycles. The van der Waals surface area contributed by atoms with E-state index in [9.17, 15) is 5.11 Å². The molecular weight excluding hydrogens is 178 g/mol. The van der Waals surface area contributed by atoms with E-state index in [-0.39, 0.29) is 11.9 Å². The molecule has 14 heavy (non-hydrogen) atoms.